The van der Waals surface area contributed by atoms with Crippen molar-refractivity contribution in [3.63, 3.8) is 0 Å². The molecule has 0 bridgehead atoms. The molecule has 6 nitrogen and oxygen atoms in total. The summed E-state index contributed by atoms with van der Waals surface area (Å²) in [7, 11) is 0. The molecule has 0 atom stereocenters. The Bertz CT molecular complexity index is 1250. The molecule has 0 spiro atoms. The highest BCUT2D eigenvalue weighted by molar-refractivity contribution is 6.02. The smallest absolute Gasteiger partial charge is 0.387 e. The predicted molar refractivity (Wildman–Crippen MR) is 119 cm³/mol. The van der Waals surface area contributed by atoms with Gasteiger partial charge in [0.1, 0.15) is 18.1 Å². The second-order valence-corrected chi connectivity index (χ2v) is 6.99. The van der Waals surface area contributed by atoms with Crippen molar-refractivity contribution in [1.29, 1.82) is 0 Å². The van der Waals surface area contributed by atoms with Gasteiger partial charge in [-0.1, -0.05) is 30.3 Å². The number of nitrogens with one attached hydrogen (secondary N) is 1. The van der Waals surface area contributed by atoms with Crippen LogP contribution in [0.3, 0.4) is 0 Å². The molecule has 4 rings (SSSR count). The maximum atomic E-state index is 12.5. The summed E-state index contributed by atoms with van der Waals surface area (Å²) in [4.78, 5) is 12.5. The van der Waals surface area contributed by atoms with Crippen LogP contribution < -0.4 is 19.5 Å². The summed E-state index contributed by atoms with van der Waals surface area (Å²) < 4.78 is 46.2. The Hall–Kier alpha value is -4.07. The van der Waals surface area contributed by atoms with Gasteiger partial charge >= 0.3 is 6.61 Å². The second kappa shape index (κ2) is 10.0. The minimum absolute atomic E-state index is 0.0815. The van der Waals surface area contributed by atoms with E-state index >= 15 is 0 Å². The molecule has 0 fully saturated rings. The first-order chi connectivity index (χ1) is 16.0. The van der Waals surface area contributed by atoms with E-state index in [0.717, 1.165) is 10.8 Å². The van der Waals surface area contributed by atoms with Crippen LogP contribution in [0.4, 0.5) is 14.5 Å². The second-order valence-electron chi connectivity index (χ2n) is 6.99. The number of hydrogen-bond donors (Lipinski definition) is 1. The van der Waals surface area contributed by atoms with Crippen molar-refractivity contribution in [2.24, 2.45) is 0 Å². The lowest BCUT2D eigenvalue weighted by Crippen LogP contribution is -2.11. The number of halogens is 2. The lowest BCUT2D eigenvalue weighted by Gasteiger charge is -2.13. The number of hydrogen-bond acceptors (Lipinski definition) is 5. The highest BCUT2D eigenvalue weighted by atomic mass is 19.3. The molecule has 170 valence electrons. The van der Waals surface area contributed by atoms with Gasteiger partial charge in [0, 0.05) is 11.8 Å². The van der Waals surface area contributed by atoms with Crippen LogP contribution in [0.2, 0.25) is 0 Å². The Balaban J connectivity index is 1.39. The van der Waals surface area contributed by atoms with Crippen molar-refractivity contribution in [3.05, 3.63) is 84.3 Å². The summed E-state index contributed by atoms with van der Waals surface area (Å²) in [6.07, 6.45) is 0. The molecule has 1 heterocycles. The molecular formula is C25H21F2NO5. The van der Waals surface area contributed by atoms with Gasteiger partial charge in [0.2, 0.25) is 0 Å². The Morgan fingerprint density at radius 1 is 0.939 bits per heavy atom. The van der Waals surface area contributed by atoms with Gasteiger partial charge in [-0.2, -0.15) is 8.78 Å². The predicted octanol–water partition coefficient (Wildman–Crippen LogP) is 6.26. The van der Waals surface area contributed by atoms with Gasteiger partial charge in [-0.25, -0.2) is 0 Å². The summed E-state index contributed by atoms with van der Waals surface area (Å²) >= 11 is 0. The molecule has 3 aromatic carbocycles. The number of furan rings is 1. The van der Waals surface area contributed by atoms with E-state index in [1.807, 2.05) is 42.5 Å². The zero-order valence-corrected chi connectivity index (χ0v) is 17.7. The summed E-state index contributed by atoms with van der Waals surface area (Å²) in [5, 5.41) is 4.82. The monoisotopic (exact) mass is 453 g/mol. The summed E-state index contributed by atoms with van der Waals surface area (Å²) in [5.74, 6) is 0.722. The fraction of sp³-hybridized carbons (Fsp3) is 0.160. The first-order valence-corrected chi connectivity index (χ1v) is 10.2. The standard InChI is InChI=1S/C25H21F2NO5/c1-2-30-23-14-18(8-11-21(23)33-25(26)27)28-24(29)22-12-10-20(32-22)15-31-19-9-7-16-5-3-4-6-17(16)13-19/h3-14,25H,2,15H2,1H3,(H,28,29). The van der Waals surface area contributed by atoms with Gasteiger partial charge in [0.25, 0.3) is 5.91 Å². The number of fused-ring (bicyclic) bond motifs is 1. The number of amides is 1. The molecule has 0 aliphatic rings. The van der Waals surface area contributed by atoms with Gasteiger partial charge in [-0.3, -0.25) is 4.79 Å². The number of ether oxygens (including phenoxy) is 3. The molecule has 0 saturated heterocycles. The van der Waals surface area contributed by atoms with Crippen LogP contribution in [0.1, 0.15) is 23.2 Å². The molecule has 33 heavy (non-hydrogen) atoms. The average molecular weight is 453 g/mol. The third kappa shape index (κ3) is 5.60. The van der Waals surface area contributed by atoms with Crippen molar-refractivity contribution in [3.8, 4) is 17.2 Å². The quantitative estimate of drug-likeness (QED) is 0.324. The summed E-state index contributed by atoms with van der Waals surface area (Å²) in [5.41, 5.74) is 0.343. The van der Waals surface area contributed by atoms with E-state index in [1.54, 1.807) is 13.0 Å². The molecular weight excluding hydrogens is 432 g/mol. The Labute approximate surface area is 188 Å². The number of anilines is 1. The van der Waals surface area contributed by atoms with Gasteiger partial charge in [-0.15, -0.1) is 0 Å². The number of rotatable bonds is 9. The molecule has 1 amide bonds. The van der Waals surface area contributed by atoms with Crippen molar-refractivity contribution in [2.75, 3.05) is 11.9 Å². The number of benzene rings is 3. The van der Waals surface area contributed by atoms with E-state index in [1.165, 1.54) is 24.3 Å². The van der Waals surface area contributed by atoms with Crippen molar-refractivity contribution in [2.45, 2.75) is 20.1 Å². The largest absolute Gasteiger partial charge is 0.490 e. The van der Waals surface area contributed by atoms with Gasteiger partial charge in [-0.05, 0) is 54.1 Å². The Kier molecular flexibility index (Phi) is 6.73. The van der Waals surface area contributed by atoms with E-state index in [2.05, 4.69) is 10.1 Å². The van der Waals surface area contributed by atoms with Gasteiger partial charge in [0.05, 0.1) is 6.61 Å². The topological polar surface area (TPSA) is 69.9 Å². The Morgan fingerprint density at radius 3 is 2.55 bits per heavy atom. The molecule has 4 aromatic rings. The lowest BCUT2D eigenvalue weighted by molar-refractivity contribution is -0.0514. The van der Waals surface area contributed by atoms with E-state index < -0.39 is 12.5 Å². The Morgan fingerprint density at radius 2 is 1.76 bits per heavy atom. The molecule has 8 heteroatoms. The van der Waals surface area contributed by atoms with Crippen LogP contribution in [0.25, 0.3) is 10.8 Å². The average Bonchev–Trinajstić information content (AvgIpc) is 3.28. The fourth-order valence-electron chi connectivity index (χ4n) is 3.23. The summed E-state index contributed by atoms with van der Waals surface area (Å²) in [6, 6.07) is 21.1. The highest BCUT2D eigenvalue weighted by Gasteiger charge is 2.15. The number of carbonyl (C=O) groups excluding carboxylic acids is 1. The summed E-state index contributed by atoms with van der Waals surface area (Å²) in [6.45, 7) is -0.875. The third-order valence-corrected chi connectivity index (χ3v) is 4.70. The van der Waals surface area contributed by atoms with E-state index in [0.29, 0.717) is 17.2 Å². The molecule has 1 aromatic heterocycles. The van der Waals surface area contributed by atoms with Crippen LogP contribution in [0, 0.1) is 0 Å². The normalized spacial score (nSPS) is 10.9. The third-order valence-electron chi connectivity index (χ3n) is 4.70. The van der Waals surface area contributed by atoms with Crippen molar-refractivity contribution >= 4 is 22.4 Å². The highest BCUT2D eigenvalue weighted by Crippen LogP contribution is 2.32. The molecule has 0 unspecified atom stereocenters. The lowest BCUT2D eigenvalue weighted by atomic mass is 10.1. The zero-order valence-electron chi connectivity index (χ0n) is 17.7. The van der Waals surface area contributed by atoms with E-state index in [4.69, 9.17) is 13.9 Å². The maximum Gasteiger partial charge on any atom is 0.387 e. The van der Waals surface area contributed by atoms with Crippen LogP contribution in [0.5, 0.6) is 17.2 Å². The first kappa shape index (κ1) is 22.1. The SMILES string of the molecule is CCOc1cc(NC(=O)c2ccc(COc3ccc4ccccc4c3)o2)ccc1OC(F)F. The number of carbonyl (C=O) groups is 1. The zero-order chi connectivity index (χ0) is 23.2. The van der Waals surface area contributed by atoms with Gasteiger partial charge in [0.15, 0.2) is 17.3 Å². The number of alkyl halides is 2. The van der Waals surface area contributed by atoms with Crippen molar-refractivity contribution in [1.82, 2.24) is 0 Å². The maximum absolute atomic E-state index is 12.5. The molecule has 0 aliphatic carbocycles. The van der Waals surface area contributed by atoms with Crippen LogP contribution in [0.15, 0.2) is 77.2 Å². The molecule has 0 aliphatic heterocycles. The molecule has 0 saturated carbocycles. The first-order valence-electron chi connectivity index (χ1n) is 10.2. The van der Waals surface area contributed by atoms with Gasteiger partial charge < -0.3 is 23.9 Å². The van der Waals surface area contributed by atoms with Crippen LogP contribution >= 0.6 is 0 Å². The van der Waals surface area contributed by atoms with Crippen molar-refractivity contribution < 1.29 is 32.2 Å². The minimum Gasteiger partial charge on any atom is -0.490 e. The molecule has 1 N–H and O–H groups in total. The van der Waals surface area contributed by atoms with Crippen LogP contribution in [-0.4, -0.2) is 19.1 Å². The van der Waals surface area contributed by atoms with Crippen LogP contribution in [-0.2, 0) is 6.61 Å². The van der Waals surface area contributed by atoms with E-state index in [9.17, 15) is 13.6 Å². The minimum atomic E-state index is -2.98. The fourth-order valence-corrected chi connectivity index (χ4v) is 3.23. The molecule has 0 radical (unpaired) electrons. The van der Waals surface area contributed by atoms with E-state index in [-0.39, 0.29) is 30.5 Å².